The van der Waals surface area contributed by atoms with E-state index in [0.717, 1.165) is 39.1 Å². The second-order valence-corrected chi connectivity index (χ2v) is 7.65. The number of nitrogens with zero attached hydrogens (tertiary/aromatic N) is 1. The smallest absolute Gasteiger partial charge is 0.307 e. The van der Waals surface area contributed by atoms with Gasteiger partial charge in [0.2, 0.25) is 0 Å². The lowest BCUT2D eigenvalue weighted by molar-refractivity contribution is -0.135. The second-order valence-electron chi connectivity index (χ2n) is 7.65. The van der Waals surface area contributed by atoms with Crippen molar-refractivity contribution in [2.45, 2.75) is 13.3 Å². The molecule has 0 heterocycles. The molecule has 0 amide bonds. The molecule has 0 atom stereocenters. The number of aliphatic carboxylic acids is 1. The summed E-state index contributed by atoms with van der Waals surface area (Å²) in [5, 5.41) is 9.49. The molecule has 0 spiro atoms. The van der Waals surface area contributed by atoms with Crippen molar-refractivity contribution in [3.63, 3.8) is 0 Å². The molecule has 2 aromatic carbocycles. The SMILES string of the molecule is COc1cc2c(cc1OC)/C(=C\c1cc(OC)c(N(C)C)c(OC)c1)C(C)=C2CC(=O)O. The van der Waals surface area contributed by atoms with E-state index in [1.165, 1.54) is 0 Å². The lowest BCUT2D eigenvalue weighted by atomic mass is 9.99. The van der Waals surface area contributed by atoms with E-state index >= 15 is 0 Å². The van der Waals surface area contributed by atoms with Crippen molar-refractivity contribution in [2.24, 2.45) is 0 Å². The summed E-state index contributed by atoms with van der Waals surface area (Å²) in [4.78, 5) is 13.5. The number of allylic oxidation sites excluding steroid dienone is 2. The van der Waals surface area contributed by atoms with E-state index in [4.69, 9.17) is 18.9 Å². The number of fused-ring (bicyclic) bond motifs is 1. The first kappa shape index (κ1) is 23.1. The van der Waals surface area contributed by atoms with Crippen molar-refractivity contribution in [3.8, 4) is 23.0 Å². The molecule has 2 aromatic rings. The number of benzene rings is 2. The number of carboxylic acid groups (broad SMARTS) is 1. The van der Waals surface area contributed by atoms with Gasteiger partial charge in [-0.1, -0.05) is 0 Å². The zero-order chi connectivity index (χ0) is 23.6. The lowest BCUT2D eigenvalue weighted by Gasteiger charge is -2.20. The summed E-state index contributed by atoms with van der Waals surface area (Å²) in [5.41, 5.74) is 6.00. The Labute approximate surface area is 188 Å². The summed E-state index contributed by atoms with van der Waals surface area (Å²) in [5.74, 6) is 1.61. The average molecular weight is 440 g/mol. The summed E-state index contributed by atoms with van der Waals surface area (Å²) >= 11 is 0. The Hall–Kier alpha value is -3.61. The molecule has 0 aromatic heterocycles. The Morgan fingerprint density at radius 3 is 1.81 bits per heavy atom. The molecule has 0 radical (unpaired) electrons. The monoisotopic (exact) mass is 439 g/mol. The molecule has 7 heteroatoms. The van der Waals surface area contributed by atoms with Crippen LogP contribution in [0.2, 0.25) is 0 Å². The summed E-state index contributed by atoms with van der Waals surface area (Å²) < 4.78 is 22.2. The van der Waals surface area contributed by atoms with Gasteiger partial charge in [-0.2, -0.15) is 0 Å². The Balaban J connectivity index is 2.26. The lowest BCUT2D eigenvalue weighted by Crippen LogP contribution is -2.11. The number of methoxy groups -OCH3 is 4. The summed E-state index contributed by atoms with van der Waals surface area (Å²) in [7, 11) is 10.2. The van der Waals surface area contributed by atoms with Crippen LogP contribution in [-0.2, 0) is 4.79 Å². The molecule has 32 heavy (non-hydrogen) atoms. The molecule has 7 nitrogen and oxygen atoms in total. The van der Waals surface area contributed by atoms with E-state index in [2.05, 4.69) is 0 Å². The van der Waals surface area contributed by atoms with Crippen LogP contribution in [0.4, 0.5) is 5.69 Å². The van der Waals surface area contributed by atoms with E-state index in [0.29, 0.717) is 23.0 Å². The first-order valence-corrected chi connectivity index (χ1v) is 10.1. The molecule has 0 fully saturated rings. The minimum absolute atomic E-state index is 0.0855. The Kier molecular flexibility index (Phi) is 6.67. The Morgan fingerprint density at radius 2 is 1.38 bits per heavy atom. The average Bonchev–Trinajstić information content (AvgIpc) is 3.01. The van der Waals surface area contributed by atoms with Gasteiger partial charge in [-0.25, -0.2) is 0 Å². The zero-order valence-electron chi connectivity index (χ0n) is 19.5. The number of anilines is 1. The van der Waals surface area contributed by atoms with Gasteiger partial charge in [0.1, 0.15) is 17.2 Å². The fourth-order valence-corrected chi connectivity index (χ4v) is 4.09. The number of hydrogen-bond acceptors (Lipinski definition) is 6. The summed E-state index contributed by atoms with van der Waals surface area (Å²) in [6, 6.07) is 7.61. The van der Waals surface area contributed by atoms with Crippen LogP contribution in [0.5, 0.6) is 23.0 Å². The molecule has 3 rings (SSSR count). The van der Waals surface area contributed by atoms with E-state index in [-0.39, 0.29) is 6.42 Å². The Morgan fingerprint density at radius 1 is 0.875 bits per heavy atom. The third-order valence-electron chi connectivity index (χ3n) is 5.58. The minimum atomic E-state index is -0.889. The number of carboxylic acids is 1. The van der Waals surface area contributed by atoms with Gasteiger partial charge in [0, 0.05) is 14.1 Å². The third-order valence-corrected chi connectivity index (χ3v) is 5.58. The van der Waals surface area contributed by atoms with Crippen LogP contribution in [0, 0.1) is 0 Å². The minimum Gasteiger partial charge on any atom is -0.494 e. The third kappa shape index (κ3) is 4.10. The highest BCUT2D eigenvalue weighted by Gasteiger charge is 2.28. The van der Waals surface area contributed by atoms with Crippen molar-refractivity contribution in [2.75, 3.05) is 47.4 Å². The molecule has 1 N–H and O–H groups in total. The molecule has 0 saturated heterocycles. The van der Waals surface area contributed by atoms with Crippen molar-refractivity contribution in [1.82, 2.24) is 0 Å². The van der Waals surface area contributed by atoms with Crippen molar-refractivity contribution >= 4 is 28.9 Å². The van der Waals surface area contributed by atoms with Crippen molar-refractivity contribution in [3.05, 3.63) is 46.5 Å². The molecule has 0 bridgehead atoms. The standard InChI is InChI=1S/C25H29NO6/c1-14-16(8-15-9-22(31-6)25(26(2)3)23(10-15)32-7)18-11-20(29-4)21(30-5)12-19(18)17(14)13-24(27)28/h8-12H,13H2,1-7H3,(H,27,28)/b16-8-. The van der Waals surface area contributed by atoms with Gasteiger partial charge >= 0.3 is 5.97 Å². The normalized spacial score (nSPS) is 13.8. The van der Waals surface area contributed by atoms with Gasteiger partial charge in [-0.3, -0.25) is 4.79 Å². The predicted octanol–water partition coefficient (Wildman–Crippen LogP) is 4.59. The quantitative estimate of drug-likeness (QED) is 0.645. The number of ether oxygens (including phenoxy) is 4. The van der Waals surface area contributed by atoms with Crippen LogP contribution >= 0.6 is 0 Å². The maximum Gasteiger partial charge on any atom is 0.307 e. The van der Waals surface area contributed by atoms with Crippen molar-refractivity contribution < 1.29 is 28.8 Å². The van der Waals surface area contributed by atoms with E-state index in [1.54, 1.807) is 28.4 Å². The van der Waals surface area contributed by atoms with Crippen LogP contribution in [-0.4, -0.2) is 53.6 Å². The topological polar surface area (TPSA) is 77.5 Å². The first-order chi connectivity index (χ1) is 15.2. The molecular formula is C25H29NO6. The highest BCUT2D eigenvalue weighted by Crippen LogP contribution is 2.48. The van der Waals surface area contributed by atoms with E-state index in [9.17, 15) is 9.90 Å². The van der Waals surface area contributed by atoms with Gasteiger partial charge < -0.3 is 29.0 Å². The second kappa shape index (κ2) is 9.26. The summed E-state index contributed by atoms with van der Waals surface area (Å²) in [6.07, 6.45) is 1.93. The van der Waals surface area contributed by atoms with Crippen LogP contribution in [0.15, 0.2) is 29.8 Å². The molecule has 1 aliphatic carbocycles. The van der Waals surface area contributed by atoms with Gasteiger partial charge in [-0.05, 0) is 70.7 Å². The number of rotatable bonds is 8. The highest BCUT2D eigenvalue weighted by molar-refractivity contribution is 6.08. The first-order valence-electron chi connectivity index (χ1n) is 10.1. The molecule has 0 aliphatic heterocycles. The maximum atomic E-state index is 11.6. The molecule has 0 unspecified atom stereocenters. The molecular weight excluding hydrogens is 410 g/mol. The van der Waals surface area contributed by atoms with Crippen LogP contribution in [0.1, 0.15) is 30.0 Å². The van der Waals surface area contributed by atoms with Gasteiger partial charge in [0.05, 0.1) is 34.9 Å². The predicted molar refractivity (Wildman–Crippen MR) is 126 cm³/mol. The van der Waals surface area contributed by atoms with Crippen LogP contribution in [0.25, 0.3) is 17.2 Å². The highest BCUT2D eigenvalue weighted by atomic mass is 16.5. The zero-order valence-corrected chi connectivity index (χ0v) is 19.5. The summed E-state index contributed by atoms with van der Waals surface area (Å²) in [6.45, 7) is 1.94. The van der Waals surface area contributed by atoms with Crippen molar-refractivity contribution in [1.29, 1.82) is 0 Å². The van der Waals surface area contributed by atoms with Gasteiger partial charge in [-0.15, -0.1) is 0 Å². The molecule has 0 saturated carbocycles. The number of hydrogen-bond donors (Lipinski definition) is 1. The molecule has 170 valence electrons. The van der Waals surface area contributed by atoms with Crippen LogP contribution < -0.4 is 23.8 Å². The fraction of sp³-hybridized carbons (Fsp3) is 0.320. The largest absolute Gasteiger partial charge is 0.494 e. The Bertz CT molecular complexity index is 1090. The van der Waals surface area contributed by atoms with Crippen LogP contribution in [0.3, 0.4) is 0 Å². The van der Waals surface area contributed by atoms with E-state index < -0.39 is 5.97 Å². The fourth-order valence-electron chi connectivity index (χ4n) is 4.09. The number of carbonyl (C=O) groups is 1. The maximum absolute atomic E-state index is 11.6. The van der Waals surface area contributed by atoms with Gasteiger partial charge in [0.15, 0.2) is 11.5 Å². The van der Waals surface area contributed by atoms with Gasteiger partial charge in [0.25, 0.3) is 0 Å². The van der Waals surface area contributed by atoms with E-state index in [1.807, 2.05) is 56.3 Å². The molecule has 1 aliphatic rings.